The van der Waals surface area contributed by atoms with Gasteiger partial charge in [-0.1, -0.05) is 48.5 Å². The summed E-state index contributed by atoms with van der Waals surface area (Å²) in [7, 11) is 0. The smallest absolute Gasteiger partial charge is 0.00126 e. The van der Waals surface area contributed by atoms with Gasteiger partial charge in [0.25, 0.3) is 0 Å². The van der Waals surface area contributed by atoms with Gasteiger partial charge in [0.2, 0.25) is 0 Å². The maximum absolute atomic E-state index is 3.69. The van der Waals surface area contributed by atoms with Crippen molar-refractivity contribution in [1.29, 1.82) is 0 Å². The van der Waals surface area contributed by atoms with Crippen molar-refractivity contribution in [3.63, 3.8) is 0 Å². The van der Waals surface area contributed by atoms with Gasteiger partial charge in [0.15, 0.2) is 0 Å². The van der Waals surface area contributed by atoms with Gasteiger partial charge in [-0.25, -0.2) is 0 Å². The highest BCUT2D eigenvalue weighted by Gasteiger charge is 2.40. The number of hydrogen-bond donors (Lipinski definition) is 1. The molecule has 18 heavy (non-hydrogen) atoms. The molecule has 108 valence electrons. The molecule has 1 rings (SSSR count). The van der Waals surface area contributed by atoms with Crippen molar-refractivity contribution < 1.29 is 0 Å². The van der Waals surface area contributed by atoms with E-state index in [2.05, 4.69) is 53.8 Å². The minimum absolute atomic E-state index is 0.495. The van der Waals surface area contributed by atoms with Crippen LogP contribution in [-0.2, 0) is 0 Å². The van der Waals surface area contributed by atoms with Gasteiger partial charge in [-0.2, -0.15) is 0 Å². The van der Waals surface area contributed by atoms with E-state index in [1.165, 1.54) is 32.2 Å². The van der Waals surface area contributed by atoms with E-state index in [0.29, 0.717) is 16.9 Å². The Bertz CT molecular complexity index is 239. The van der Waals surface area contributed by atoms with Crippen molar-refractivity contribution in [1.82, 2.24) is 5.32 Å². The molecule has 0 radical (unpaired) electrons. The van der Waals surface area contributed by atoms with Crippen LogP contribution >= 0.6 is 0 Å². The van der Waals surface area contributed by atoms with Gasteiger partial charge >= 0.3 is 0 Å². The Kier molecular flexibility index (Phi) is 5.29. The first-order chi connectivity index (χ1) is 8.17. The van der Waals surface area contributed by atoms with Crippen LogP contribution in [0.5, 0.6) is 0 Å². The number of hydrogen-bond acceptors (Lipinski definition) is 1. The molecule has 1 aliphatic rings. The molecule has 1 fully saturated rings. The predicted molar refractivity (Wildman–Crippen MR) is 81.8 cm³/mol. The second kappa shape index (κ2) is 5.94. The fourth-order valence-corrected chi connectivity index (χ4v) is 3.42. The van der Waals surface area contributed by atoms with E-state index < -0.39 is 0 Å². The van der Waals surface area contributed by atoms with Gasteiger partial charge in [-0.05, 0) is 48.3 Å². The highest BCUT2D eigenvalue weighted by molar-refractivity contribution is 4.92. The van der Waals surface area contributed by atoms with E-state index in [4.69, 9.17) is 0 Å². The number of rotatable bonds is 4. The van der Waals surface area contributed by atoms with Crippen LogP contribution in [-0.4, -0.2) is 12.6 Å². The monoisotopic (exact) mass is 253 g/mol. The average Bonchev–Trinajstić information content (AvgIpc) is 2.25. The van der Waals surface area contributed by atoms with E-state index in [1.54, 1.807) is 0 Å². The van der Waals surface area contributed by atoms with Crippen LogP contribution in [0.2, 0.25) is 0 Å². The Labute approximate surface area is 115 Å². The number of nitrogens with one attached hydrogen (secondary N) is 1. The summed E-state index contributed by atoms with van der Waals surface area (Å²) in [5, 5.41) is 3.69. The zero-order chi connectivity index (χ0) is 14.0. The summed E-state index contributed by atoms with van der Waals surface area (Å²) in [5.74, 6) is 1.72. The molecule has 0 aliphatic heterocycles. The van der Waals surface area contributed by atoms with Crippen molar-refractivity contribution in [3.8, 4) is 0 Å². The molecule has 0 aromatic rings. The molecule has 0 atom stereocenters. The Morgan fingerprint density at radius 2 is 1.56 bits per heavy atom. The molecule has 1 heteroatoms. The lowest BCUT2D eigenvalue weighted by atomic mass is 9.60. The summed E-state index contributed by atoms with van der Waals surface area (Å²) in [6.45, 7) is 17.8. The topological polar surface area (TPSA) is 12.0 Å². The maximum atomic E-state index is 3.69. The zero-order valence-electron chi connectivity index (χ0n) is 13.8. The van der Waals surface area contributed by atoms with E-state index in [-0.39, 0.29) is 0 Å². The van der Waals surface area contributed by atoms with E-state index in [9.17, 15) is 0 Å². The molecule has 1 nitrogen and oxygen atoms in total. The first-order valence-electron chi connectivity index (χ1n) is 7.91. The standard InChI is InChI=1S/C17H35N/c1-13(2)17(12-18-14(3)4)10-8-15(9-11-17)16(5,6)7/h13-15,18H,8-12H2,1-7H3. The molecule has 1 N–H and O–H groups in total. The Morgan fingerprint density at radius 1 is 1.06 bits per heavy atom. The van der Waals surface area contributed by atoms with Gasteiger partial charge in [-0.15, -0.1) is 0 Å². The summed E-state index contributed by atoms with van der Waals surface area (Å²) in [6, 6.07) is 0.612. The second-order valence-corrected chi connectivity index (χ2v) is 8.19. The summed E-state index contributed by atoms with van der Waals surface area (Å²) in [6.07, 6.45) is 5.65. The summed E-state index contributed by atoms with van der Waals surface area (Å²) in [5.41, 5.74) is 1.04. The lowest BCUT2D eigenvalue weighted by Gasteiger charge is -2.47. The molecular formula is C17H35N. The van der Waals surface area contributed by atoms with Crippen LogP contribution < -0.4 is 5.32 Å². The molecule has 1 aliphatic carbocycles. The minimum Gasteiger partial charge on any atom is -0.314 e. The lowest BCUT2D eigenvalue weighted by Crippen LogP contribution is -2.44. The largest absolute Gasteiger partial charge is 0.314 e. The van der Waals surface area contributed by atoms with Crippen LogP contribution in [0.1, 0.15) is 74.1 Å². The van der Waals surface area contributed by atoms with E-state index in [1.807, 2.05) is 0 Å². The Morgan fingerprint density at radius 3 is 1.89 bits per heavy atom. The van der Waals surface area contributed by atoms with Crippen molar-refractivity contribution in [2.45, 2.75) is 80.2 Å². The van der Waals surface area contributed by atoms with Crippen molar-refractivity contribution in [3.05, 3.63) is 0 Å². The molecule has 1 saturated carbocycles. The van der Waals surface area contributed by atoms with Crippen LogP contribution in [0.4, 0.5) is 0 Å². The van der Waals surface area contributed by atoms with Crippen LogP contribution in [0.15, 0.2) is 0 Å². The molecule has 0 unspecified atom stereocenters. The van der Waals surface area contributed by atoms with Crippen molar-refractivity contribution in [2.24, 2.45) is 22.7 Å². The SMILES string of the molecule is CC(C)NCC1(C(C)C)CCC(C(C)(C)C)CC1. The molecule has 0 aromatic carbocycles. The second-order valence-electron chi connectivity index (χ2n) is 8.19. The fraction of sp³-hybridized carbons (Fsp3) is 1.00. The summed E-state index contributed by atoms with van der Waals surface area (Å²) < 4.78 is 0. The van der Waals surface area contributed by atoms with Gasteiger partial charge in [0, 0.05) is 12.6 Å². The predicted octanol–water partition coefficient (Wildman–Crippen LogP) is 4.86. The third-order valence-electron chi connectivity index (χ3n) is 5.29. The fourth-order valence-electron chi connectivity index (χ4n) is 3.42. The van der Waals surface area contributed by atoms with Gasteiger partial charge < -0.3 is 5.32 Å². The van der Waals surface area contributed by atoms with E-state index >= 15 is 0 Å². The van der Waals surface area contributed by atoms with Crippen molar-refractivity contribution >= 4 is 0 Å². The first kappa shape index (κ1) is 16.0. The zero-order valence-corrected chi connectivity index (χ0v) is 13.8. The van der Waals surface area contributed by atoms with Gasteiger partial charge in [0.05, 0.1) is 0 Å². The molecule has 0 amide bonds. The summed E-state index contributed by atoms with van der Waals surface area (Å²) in [4.78, 5) is 0. The van der Waals surface area contributed by atoms with Gasteiger partial charge in [0.1, 0.15) is 0 Å². The maximum Gasteiger partial charge on any atom is 0.00126 e. The van der Waals surface area contributed by atoms with Crippen molar-refractivity contribution in [2.75, 3.05) is 6.54 Å². The quantitative estimate of drug-likeness (QED) is 0.754. The van der Waals surface area contributed by atoms with Crippen LogP contribution in [0, 0.1) is 22.7 Å². The Hall–Kier alpha value is -0.0400. The Balaban J connectivity index is 2.63. The average molecular weight is 253 g/mol. The molecule has 0 spiro atoms. The van der Waals surface area contributed by atoms with E-state index in [0.717, 1.165) is 11.8 Å². The lowest BCUT2D eigenvalue weighted by molar-refractivity contribution is 0.0497. The van der Waals surface area contributed by atoms with Crippen LogP contribution in [0.25, 0.3) is 0 Å². The van der Waals surface area contributed by atoms with Gasteiger partial charge in [-0.3, -0.25) is 0 Å². The molecule has 0 heterocycles. The molecule has 0 bridgehead atoms. The molecular weight excluding hydrogens is 218 g/mol. The third-order valence-corrected chi connectivity index (χ3v) is 5.29. The highest BCUT2D eigenvalue weighted by Crippen LogP contribution is 2.48. The highest BCUT2D eigenvalue weighted by atomic mass is 14.9. The first-order valence-corrected chi connectivity index (χ1v) is 7.91. The normalized spacial score (nSPS) is 30.2. The third kappa shape index (κ3) is 3.98. The molecule has 0 saturated heterocycles. The summed E-state index contributed by atoms with van der Waals surface area (Å²) >= 11 is 0. The minimum atomic E-state index is 0.495. The van der Waals surface area contributed by atoms with Crippen LogP contribution in [0.3, 0.4) is 0 Å². The molecule has 0 aromatic heterocycles.